The average molecular weight is 506 g/mol. The summed E-state index contributed by atoms with van der Waals surface area (Å²) in [5.41, 5.74) is 6.87. The molecule has 0 aliphatic rings. The molecule has 8 heteroatoms. The number of nitrogens with zero attached hydrogens (tertiary/aromatic N) is 3. The molecule has 6 aromatic rings. The van der Waals surface area contributed by atoms with Gasteiger partial charge in [-0.3, -0.25) is 4.79 Å². The average Bonchev–Trinajstić information content (AvgIpc) is 3.41. The summed E-state index contributed by atoms with van der Waals surface area (Å²) in [5.74, 6) is -0.947. The van der Waals surface area contributed by atoms with Crippen LogP contribution in [0.3, 0.4) is 0 Å². The quantitative estimate of drug-likeness (QED) is 0.287. The summed E-state index contributed by atoms with van der Waals surface area (Å²) >= 11 is 0. The van der Waals surface area contributed by atoms with Crippen molar-refractivity contribution in [1.29, 1.82) is 0 Å². The van der Waals surface area contributed by atoms with Crippen LogP contribution in [0.2, 0.25) is 0 Å². The van der Waals surface area contributed by atoms with Gasteiger partial charge in [-0.15, -0.1) is 0 Å². The van der Waals surface area contributed by atoms with Crippen LogP contribution in [-0.4, -0.2) is 32.4 Å². The van der Waals surface area contributed by atoms with Crippen LogP contribution in [0.15, 0.2) is 91.3 Å². The van der Waals surface area contributed by atoms with E-state index in [1.54, 1.807) is 48.8 Å². The van der Waals surface area contributed by atoms with Gasteiger partial charge in [-0.25, -0.2) is 23.7 Å². The Morgan fingerprint density at radius 2 is 1.39 bits per heavy atom. The van der Waals surface area contributed by atoms with E-state index in [-0.39, 0.29) is 17.5 Å². The summed E-state index contributed by atoms with van der Waals surface area (Å²) in [6.07, 6.45) is 2.32. The third-order valence-electron chi connectivity index (χ3n) is 6.35. The predicted octanol–water partition coefficient (Wildman–Crippen LogP) is 6.09. The number of hydrogen-bond acceptors (Lipinski definition) is 4. The van der Waals surface area contributed by atoms with Gasteiger partial charge in [-0.1, -0.05) is 6.07 Å². The minimum absolute atomic E-state index is 0.222. The minimum Gasteiger partial charge on any atom is -0.352 e. The smallest absolute Gasteiger partial charge is 0.251 e. The first kappa shape index (κ1) is 23.4. The Labute approximate surface area is 216 Å². The number of rotatable bonds is 6. The number of halogens is 2. The molecule has 0 atom stereocenters. The van der Waals surface area contributed by atoms with Gasteiger partial charge in [0.05, 0.1) is 39.8 Å². The highest BCUT2D eigenvalue weighted by Gasteiger charge is 2.15. The summed E-state index contributed by atoms with van der Waals surface area (Å²) in [6.45, 7) is 0.461. The molecular formula is C30H21F2N5O. The Kier molecular flexibility index (Phi) is 6.05. The van der Waals surface area contributed by atoms with Gasteiger partial charge < -0.3 is 10.3 Å². The van der Waals surface area contributed by atoms with Crippen LogP contribution < -0.4 is 5.32 Å². The molecule has 0 radical (unpaired) electrons. The predicted molar refractivity (Wildman–Crippen MR) is 142 cm³/mol. The van der Waals surface area contributed by atoms with Crippen LogP contribution in [0, 0.1) is 11.6 Å². The lowest BCUT2D eigenvalue weighted by atomic mass is 10.0. The third kappa shape index (κ3) is 4.71. The number of imidazole rings is 1. The van der Waals surface area contributed by atoms with Gasteiger partial charge >= 0.3 is 0 Å². The fraction of sp³-hybridized carbons (Fsp3) is 0.0667. The maximum atomic E-state index is 13.6. The van der Waals surface area contributed by atoms with Crippen LogP contribution in [0.25, 0.3) is 44.6 Å². The van der Waals surface area contributed by atoms with E-state index >= 15 is 0 Å². The van der Waals surface area contributed by atoms with Crippen molar-refractivity contribution in [3.8, 4) is 22.5 Å². The largest absolute Gasteiger partial charge is 0.352 e. The monoisotopic (exact) mass is 505 g/mol. The molecule has 0 spiro atoms. The highest BCUT2D eigenvalue weighted by atomic mass is 19.1. The fourth-order valence-corrected chi connectivity index (χ4v) is 4.37. The zero-order valence-corrected chi connectivity index (χ0v) is 20.1. The van der Waals surface area contributed by atoms with Crippen LogP contribution in [0.1, 0.15) is 15.9 Å². The molecule has 6 nitrogen and oxygen atoms in total. The number of nitrogens with one attached hydrogen (secondary N) is 2. The number of carbonyl (C=O) groups excluding carboxylic acids is 1. The summed E-state index contributed by atoms with van der Waals surface area (Å²) in [4.78, 5) is 29.8. The molecule has 2 aromatic heterocycles. The number of benzene rings is 4. The number of amides is 1. The molecule has 0 aliphatic carbocycles. The Hall–Kier alpha value is -4.98. The normalized spacial score (nSPS) is 11.2. The van der Waals surface area contributed by atoms with E-state index in [0.717, 1.165) is 16.6 Å². The highest BCUT2D eigenvalue weighted by molar-refractivity contribution is 5.98. The molecule has 4 aromatic carbocycles. The molecule has 38 heavy (non-hydrogen) atoms. The van der Waals surface area contributed by atoms with Crippen molar-refractivity contribution < 1.29 is 13.6 Å². The van der Waals surface area contributed by atoms with Crippen molar-refractivity contribution in [2.24, 2.45) is 0 Å². The van der Waals surface area contributed by atoms with E-state index in [9.17, 15) is 13.6 Å². The fourth-order valence-electron chi connectivity index (χ4n) is 4.37. The Bertz CT molecular complexity index is 1780. The van der Waals surface area contributed by atoms with Gasteiger partial charge in [-0.05, 0) is 90.8 Å². The second-order valence-electron chi connectivity index (χ2n) is 8.90. The topological polar surface area (TPSA) is 83.6 Å². The number of fused-ring (bicyclic) bond motifs is 2. The Morgan fingerprint density at radius 1 is 0.737 bits per heavy atom. The second-order valence-corrected chi connectivity index (χ2v) is 8.90. The Balaban J connectivity index is 1.29. The summed E-state index contributed by atoms with van der Waals surface area (Å²) in [6, 6.07) is 23.0. The van der Waals surface area contributed by atoms with E-state index in [1.165, 1.54) is 24.3 Å². The molecular weight excluding hydrogens is 484 g/mol. The molecule has 0 saturated heterocycles. The number of hydrogen-bond donors (Lipinski definition) is 2. The zero-order valence-electron chi connectivity index (χ0n) is 20.1. The van der Waals surface area contributed by atoms with Crippen LogP contribution >= 0.6 is 0 Å². The first-order valence-corrected chi connectivity index (χ1v) is 12.1. The minimum atomic E-state index is -0.367. The zero-order chi connectivity index (χ0) is 26.1. The van der Waals surface area contributed by atoms with E-state index in [0.29, 0.717) is 52.1 Å². The van der Waals surface area contributed by atoms with Gasteiger partial charge in [-0.2, -0.15) is 0 Å². The molecule has 0 aliphatic heterocycles. The highest BCUT2D eigenvalue weighted by Crippen LogP contribution is 2.31. The molecule has 0 bridgehead atoms. The number of H-pyrrole nitrogens is 1. The van der Waals surface area contributed by atoms with Crippen molar-refractivity contribution in [1.82, 2.24) is 25.3 Å². The SMILES string of the molecule is O=C(NCCc1ccc2[nH]cnc2c1)c1ccc2nc(-c3ccc(F)cc3)c(-c3ccc(F)cc3)nc2c1. The van der Waals surface area contributed by atoms with E-state index in [4.69, 9.17) is 9.97 Å². The van der Waals surface area contributed by atoms with Crippen molar-refractivity contribution >= 4 is 28.0 Å². The summed E-state index contributed by atoms with van der Waals surface area (Å²) in [7, 11) is 0. The molecule has 2 N–H and O–H groups in total. The van der Waals surface area contributed by atoms with Crippen LogP contribution in [-0.2, 0) is 6.42 Å². The van der Waals surface area contributed by atoms with E-state index in [2.05, 4.69) is 15.3 Å². The molecule has 6 rings (SSSR count). The second kappa shape index (κ2) is 9.82. The molecule has 0 unspecified atom stereocenters. The Morgan fingerprint density at radius 3 is 2.08 bits per heavy atom. The summed E-state index contributed by atoms with van der Waals surface area (Å²) in [5, 5.41) is 2.96. The van der Waals surface area contributed by atoms with Crippen LogP contribution in [0.5, 0.6) is 0 Å². The standard InChI is InChI=1S/C30H21F2N5O/c31-22-7-2-19(3-8-22)28-29(20-4-9-23(32)10-5-20)37-27-16-21(6-12-25(27)36-28)30(38)33-14-13-18-1-11-24-26(15-18)35-17-34-24/h1-12,15-17H,13-14H2,(H,33,38)(H,34,35). The lowest BCUT2D eigenvalue weighted by molar-refractivity contribution is 0.0954. The van der Waals surface area contributed by atoms with Crippen molar-refractivity contribution in [3.05, 3.63) is 114 Å². The first-order valence-electron chi connectivity index (χ1n) is 12.1. The van der Waals surface area contributed by atoms with Crippen molar-refractivity contribution in [2.75, 3.05) is 6.54 Å². The van der Waals surface area contributed by atoms with Crippen molar-refractivity contribution in [3.63, 3.8) is 0 Å². The molecule has 186 valence electrons. The third-order valence-corrected chi connectivity index (χ3v) is 6.35. The molecule has 2 heterocycles. The number of carbonyl (C=O) groups is 1. The van der Waals surface area contributed by atoms with Crippen LogP contribution in [0.4, 0.5) is 8.78 Å². The van der Waals surface area contributed by atoms with E-state index in [1.807, 2.05) is 18.2 Å². The molecule has 0 saturated carbocycles. The molecule has 0 fully saturated rings. The number of aromatic amines is 1. The maximum absolute atomic E-state index is 13.6. The summed E-state index contributed by atoms with van der Waals surface area (Å²) < 4.78 is 27.2. The van der Waals surface area contributed by atoms with Gasteiger partial charge in [0.1, 0.15) is 11.6 Å². The lowest BCUT2D eigenvalue weighted by Gasteiger charge is -2.12. The van der Waals surface area contributed by atoms with E-state index < -0.39 is 0 Å². The van der Waals surface area contributed by atoms with Gasteiger partial charge in [0.15, 0.2) is 0 Å². The number of aromatic nitrogens is 4. The molecule has 1 amide bonds. The van der Waals surface area contributed by atoms with Gasteiger partial charge in [0.25, 0.3) is 5.91 Å². The van der Waals surface area contributed by atoms with Gasteiger partial charge in [0.2, 0.25) is 0 Å². The van der Waals surface area contributed by atoms with Gasteiger partial charge in [0, 0.05) is 23.2 Å². The van der Waals surface area contributed by atoms with Crippen molar-refractivity contribution in [2.45, 2.75) is 6.42 Å². The first-order chi connectivity index (χ1) is 18.5. The lowest BCUT2D eigenvalue weighted by Crippen LogP contribution is -2.25. The maximum Gasteiger partial charge on any atom is 0.251 e.